The third-order valence-electron chi connectivity index (χ3n) is 3.60. The fourth-order valence-corrected chi connectivity index (χ4v) is 3.76. The van der Waals surface area contributed by atoms with Crippen molar-refractivity contribution in [2.75, 3.05) is 5.32 Å². The second-order valence-electron chi connectivity index (χ2n) is 5.51. The molecule has 0 saturated heterocycles. The molecule has 0 fully saturated rings. The van der Waals surface area contributed by atoms with E-state index in [-0.39, 0.29) is 5.69 Å². The number of amides is 1. The Morgan fingerprint density at radius 3 is 2.96 bits per heavy atom. The van der Waals surface area contributed by atoms with Crippen LogP contribution in [0, 0.1) is 11.6 Å². The number of carbonyl (C=O) groups excluding carboxylic acids is 1. The van der Waals surface area contributed by atoms with Crippen LogP contribution in [0.5, 0.6) is 0 Å². The van der Waals surface area contributed by atoms with E-state index in [4.69, 9.17) is 0 Å². The lowest BCUT2D eigenvalue weighted by Gasteiger charge is -2.13. The maximum atomic E-state index is 13.7. The van der Waals surface area contributed by atoms with Crippen molar-refractivity contribution in [3.05, 3.63) is 58.6 Å². The smallest absolute Gasteiger partial charge is 0.237 e. The molecular formula is C17H16F2N4OS2. The van der Waals surface area contributed by atoms with Gasteiger partial charge in [0.2, 0.25) is 5.91 Å². The molecule has 0 bridgehead atoms. The topological polar surface area (TPSA) is 59.8 Å². The standard InChI is InChI=1S/C17H16F2N4OS2/c1-11(16(24)21-15-5-4-12(18)9-14(15)19)26-17-22-20-10-23(17)7-6-13-3-2-8-25-13/h2-5,8-11H,6-7H2,1H3,(H,21,24). The van der Waals surface area contributed by atoms with Crippen molar-refractivity contribution in [1.82, 2.24) is 14.8 Å². The van der Waals surface area contributed by atoms with E-state index in [1.54, 1.807) is 24.6 Å². The predicted molar refractivity (Wildman–Crippen MR) is 98.4 cm³/mol. The highest BCUT2D eigenvalue weighted by molar-refractivity contribution is 8.00. The summed E-state index contributed by atoms with van der Waals surface area (Å²) < 4.78 is 28.5. The molecule has 1 amide bonds. The van der Waals surface area contributed by atoms with Crippen LogP contribution in [0.1, 0.15) is 11.8 Å². The van der Waals surface area contributed by atoms with E-state index in [2.05, 4.69) is 21.6 Å². The monoisotopic (exact) mass is 394 g/mol. The number of hydrogen-bond donors (Lipinski definition) is 1. The zero-order chi connectivity index (χ0) is 18.5. The van der Waals surface area contributed by atoms with Gasteiger partial charge >= 0.3 is 0 Å². The molecule has 0 spiro atoms. The third kappa shape index (κ3) is 4.67. The molecule has 2 aromatic heterocycles. The molecule has 0 aliphatic carbocycles. The van der Waals surface area contributed by atoms with Crippen LogP contribution in [0.4, 0.5) is 14.5 Å². The molecule has 1 atom stereocenters. The van der Waals surface area contributed by atoms with E-state index in [1.165, 1.54) is 22.7 Å². The zero-order valence-electron chi connectivity index (χ0n) is 13.9. The van der Waals surface area contributed by atoms with Gasteiger partial charge in [-0.05, 0) is 36.9 Å². The number of thioether (sulfide) groups is 1. The molecule has 3 rings (SSSR count). The minimum atomic E-state index is -0.810. The lowest BCUT2D eigenvalue weighted by atomic mass is 10.3. The van der Waals surface area contributed by atoms with E-state index in [0.717, 1.165) is 18.6 Å². The van der Waals surface area contributed by atoms with Gasteiger partial charge in [-0.15, -0.1) is 21.5 Å². The van der Waals surface area contributed by atoms with Crippen LogP contribution in [-0.4, -0.2) is 25.9 Å². The number of nitrogens with zero attached hydrogens (tertiary/aromatic N) is 3. The van der Waals surface area contributed by atoms with Gasteiger partial charge in [0, 0.05) is 17.5 Å². The number of benzene rings is 1. The van der Waals surface area contributed by atoms with Crippen LogP contribution in [0.25, 0.3) is 0 Å². The van der Waals surface area contributed by atoms with Crippen LogP contribution in [-0.2, 0) is 17.8 Å². The summed E-state index contributed by atoms with van der Waals surface area (Å²) in [5, 5.41) is 12.5. The Morgan fingerprint density at radius 1 is 1.38 bits per heavy atom. The number of anilines is 1. The van der Waals surface area contributed by atoms with Crippen LogP contribution in [0.2, 0.25) is 0 Å². The van der Waals surface area contributed by atoms with Crippen molar-refractivity contribution in [2.24, 2.45) is 0 Å². The first-order chi connectivity index (χ1) is 12.5. The Bertz CT molecular complexity index is 883. The van der Waals surface area contributed by atoms with Crippen molar-refractivity contribution < 1.29 is 13.6 Å². The molecule has 0 radical (unpaired) electrons. The van der Waals surface area contributed by atoms with Crippen molar-refractivity contribution in [3.8, 4) is 0 Å². The molecule has 26 heavy (non-hydrogen) atoms. The number of nitrogens with one attached hydrogen (secondary N) is 1. The van der Waals surface area contributed by atoms with Gasteiger partial charge in [0.15, 0.2) is 5.16 Å². The Kier molecular flexibility index (Phi) is 6.00. The summed E-state index contributed by atoms with van der Waals surface area (Å²) in [5.41, 5.74) is -0.0528. The van der Waals surface area contributed by atoms with E-state index in [1.807, 2.05) is 16.0 Å². The third-order valence-corrected chi connectivity index (χ3v) is 5.63. The minimum absolute atomic E-state index is 0.0528. The van der Waals surface area contributed by atoms with Crippen LogP contribution >= 0.6 is 23.1 Å². The van der Waals surface area contributed by atoms with Crippen molar-refractivity contribution >= 4 is 34.7 Å². The Balaban J connectivity index is 1.59. The molecule has 0 aliphatic heterocycles. The minimum Gasteiger partial charge on any atom is -0.323 e. The van der Waals surface area contributed by atoms with Gasteiger partial charge in [-0.2, -0.15) is 0 Å². The van der Waals surface area contributed by atoms with E-state index < -0.39 is 22.8 Å². The summed E-state index contributed by atoms with van der Waals surface area (Å²) in [4.78, 5) is 13.5. The second-order valence-corrected chi connectivity index (χ2v) is 7.85. The number of carbonyl (C=O) groups is 1. The molecule has 1 aromatic carbocycles. The molecule has 2 heterocycles. The van der Waals surface area contributed by atoms with Gasteiger partial charge in [-0.25, -0.2) is 8.78 Å². The molecule has 0 aliphatic rings. The van der Waals surface area contributed by atoms with Gasteiger partial charge in [0.05, 0.1) is 10.9 Å². The van der Waals surface area contributed by atoms with Crippen LogP contribution in [0.15, 0.2) is 47.2 Å². The molecular weight excluding hydrogens is 378 g/mol. The van der Waals surface area contributed by atoms with Gasteiger partial charge in [-0.3, -0.25) is 4.79 Å². The summed E-state index contributed by atoms with van der Waals surface area (Å²) in [6.07, 6.45) is 2.48. The lowest BCUT2D eigenvalue weighted by Crippen LogP contribution is -2.23. The highest BCUT2D eigenvalue weighted by Crippen LogP contribution is 2.23. The Hall–Kier alpha value is -2.26. The van der Waals surface area contributed by atoms with Crippen LogP contribution < -0.4 is 5.32 Å². The van der Waals surface area contributed by atoms with Gasteiger partial charge in [-0.1, -0.05) is 17.8 Å². The predicted octanol–water partition coefficient (Wildman–Crippen LogP) is 3.98. The maximum Gasteiger partial charge on any atom is 0.237 e. The number of hydrogen-bond acceptors (Lipinski definition) is 5. The van der Waals surface area contributed by atoms with Crippen molar-refractivity contribution in [3.63, 3.8) is 0 Å². The van der Waals surface area contributed by atoms with Crippen molar-refractivity contribution in [1.29, 1.82) is 0 Å². The van der Waals surface area contributed by atoms with Gasteiger partial charge < -0.3 is 9.88 Å². The fourth-order valence-electron chi connectivity index (χ4n) is 2.21. The first-order valence-electron chi connectivity index (χ1n) is 7.85. The number of aryl methyl sites for hydroxylation is 2. The molecule has 3 aromatic rings. The molecule has 1 unspecified atom stereocenters. The summed E-state index contributed by atoms with van der Waals surface area (Å²) in [6.45, 7) is 2.40. The fraction of sp³-hybridized carbons (Fsp3) is 0.235. The summed E-state index contributed by atoms with van der Waals surface area (Å²) >= 11 is 2.92. The summed E-state index contributed by atoms with van der Waals surface area (Å²) in [6, 6.07) is 7.09. The van der Waals surface area contributed by atoms with E-state index in [0.29, 0.717) is 11.7 Å². The molecule has 5 nitrogen and oxygen atoms in total. The van der Waals surface area contributed by atoms with Crippen molar-refractivity contribution in [2.45, 2.75) is 30.3 Å². The largest absolute Gasteiger partial charge is 0.323 e. The summed E-state index contributed by atoms with van der Waals surface area (Å²) in [5.74, 6) is -1.90. The molecule has 1 N–H and O–H groups in total. The van der Waals surface area contributed by atoms with Gasteiger partial charge in [0.25, 0.3) is 0 Å². The molecule has 9 heteroatoms. The Morgan fingerprint density at radius 2 is 2.23 bits per heavy atom. The van der Waals surface area contributed by atoms with Gasteiger partial charge in [0.1, 0.15) is 18.0 Å². The first kappa shape index (κ1) is 18.5. The zero-order valence-corrected chi connectivity index (χ0v) is 15.5. The second kappa shape index (κ2) is 8.41. The first-order valence-corrected chi connectivity index (χ1v) is 9.61. The Labute approximate surface area is 157 Å². The number of thiophene rings is 1. The SMILES string of the molecule is CC(Sc1nncn1CCc1cccs1)C(=O)Nc1ccc(F)cc1F. The summed E-state index contributed by atoms with van der Waals surface area (Å²) in [7, 11) is 0. The van der Waals surface area contributed by atoms with Crippen LogP contribution in [0.3, 0.4) is 0 Å². The maximum absolute atomic E-state index is 13.7. The highest BCUT2D eigenvalue weighted by Gasteiger charge is 2.19. The quantitative estimate of drug-likeness (QED) is 0.616. The lowest BCUT2D eigenvalue weighted by molar-refractivity contribution is -0.115. The average molecular weight is 394 g/mol. The number of aromatic nitrogens is 3. The normalized spacial score (nSPS) is 12.1. The molecule has 136 valence electrons. The van der Waals surface area contributed by atoms with E-state index in [9.17, 15) is 13.6 Å². The average Bonchev–Trinajstić information content (AvgIpc) is 3.27. The number of rotatable bonds is 7. The number of halogens is 2. The highest BCUT2D eigenvalue weighted by atomic mass is 32.2. The molecule has 0 saturated carbocycles. The van der Waals surface area contributed by atoms with E-state index >= 15 is 0 Å².